The number of nitrogens with one attached hydrogen (secondary N) is 1. The molecule has 26 heavy (non-hydrogen) atoms. The monoisotopic (exact) mass is 360 g/mol. The van der Waals surface area contributed by atoms with Crippen molar-refractivity contribution in [2.45, 2.75) is 13.3 Å². The van der Waals surface area contributed by atoms with Crippen LogP contribution >= 0.6 is 0 Å². The lowest BCUT2D eigenvalue weighted by molar-refractivity contribution is -0.384. The number of hydrogen-bond donors (Lipinski definition) is 1. The predicted molar refractivity (Wildman–Crippen MR) is 91.5 cm³/mol. The van der Waals surface area contributed by atoms with Crippen LogP contribution in [-0.4, -0.2) is 30.0 Å². The Labute approximate surface area is 148 Å². The second kappa shape index (κ2) is 8.70. The van der Waals surface area contributed by atoms with Crippen LogP contribution in [0.25, 0.3) is 0 Å². The molecule has 0 heterocycles. The predicted octanol–water partition coefficient (Wildman–Crippen LogP) is 2.88. The summed E-state index contributed by atoms with van der Waals surface area (Å²) in [6.07, 6.45) is 0.392. The third-order valence-corrected chi connectivity index (χ3v) is 3.49. The molecule has 0 aromatic heterocycles. The van der Waals surface area contributed by atoms with Gasteiger partial charge in [-0.2, -0.15) is 0 Å². The summed E-state index contributed by atoms with van der Waals surface area (Å²) in [7, 11) is 0. The van der Waals surface area contributed by atoms with Crippen molar-refractivity contribution in [3.63, 3.8) is 0 Å². The van der Waals surface area contributed by atoms with E-state index < -0.39 is 16.8 Å². The van der Waals surface area contributed by atoms with Crippen molar-refractivity contribution < 1.29 is 23.6 Å². The Morgan fingerprint density at radius 2 is 1.92 bits per heavy atom. The summed E-state index contributed by atoms with van der Waals surface area (Å²) in [5.41, 5.74) is 0.222. The van der Waals surface area contributed by atoms with Crippen molar-refractivity contribution in [2.75, 3.05) is 13.2 Å². The van der Waals surface area contributed by atoms with Gasteiger partial charge in [0.2, 0.25) is 0 Å². The molecule has 0 fully saturated rings. The Hall–Kier alpha value is -3.29. The van der Waals surface area contributed by atoms with Crippen molar-refractivity contribution in [3.8, 4) is 0 Å². The molecule has 8 heteroatoms. The minimum atomic E-state index is -0.745. The molecule has 2 aromatic carbocycles. The Kier molecular flexibility index (Phi) is 6.37. The first kappa shape index (κ1) is 19.0. The van der Waals surface area contributed by atoms with Crippen LogP contribution < -0.4 is 5.32 Å². The van der Waals surface area contributed by atoms with Gasteiger partial charge in [-0.15, -0.1) is 0 Å². The minimum absolute atomic E-state index is 0.0264. The second-order valence-corrected chi connectivity index (χ2v) is 5.38. The third kappa shape index (κ3) is 5.10. The second-order valence-electron chi connectivity index (χ2n) is 5.38. The molecule has 2 aromatic rings. The van der Waals surface area contributed by atoms with Gasteiger partial charge < -0.3 is 10.1 Å². The summed E-state index contributed by atoms with van der Waals surface area (Å²) in [5.74, 6) is -1.69. The lowest BCUT2D eigenvalue weighted by atomic mass is 10.1. The number of non-ortho nitro benzene ring substituents is 1. The van der Waals surface area contributed by atoms with E-state index in [2.05, 4.69) is 5.32 Å². The molecule has 7 nitrogen and oxygen atoms in total. The van der Waals surface area contributed by atoms with E-state index in [4.69, 9.17) is 4.74 Å². The Bertz CT molecular complexity index is 838. The number of nitro benzene ring substituents is 1. The molecule has 1 N–H and O–H groups in total. The van der Waals surface area contributed by atoms with Crippen molar-refractivity contribution in [1.29, 1.82) is 0 Å². The number of nitrogens with zero attached hydrogens (tertiary/aromatic N) is 1. The standard InChI is InChI=1S/C18H17FN2O5/c1-2-26-18(23)14-9-13(10-16(11-14)21(24)25)17(22)20-7-6-12-4-3-5-15(19)8-12/h3-5,8-11H,2,6-7H2,1H3,(H,20,22). The summed E-state index contributed by atoms with van der Waals surface area (Å²) >= 11 is 0. The Balaban J connectivity index is 2.11. The summed E-state index contributed by atoms with van der Waals surface area (Å²) in [4.78, 5) is 34.4. The fraction of sp³-hybridized carbons (Fsp3) is 0.222. The number of amides is 1. The number of carbonyl (C=O) groups excluding carboxylic acids is 2. The maximum Gasteiger partial charge on any atom is 0.338 e. The van der Waals surface area contributed by atoms with Gasteiger partial charge >= 0.3 is 5.97 Å². The van der Waals surface area contributed by atoms with Gasteiger partial charge in [0.25, 0.3) is 11.6 Å². The highest BCUT2D eigenvalue weighted by atomic mass is 19.1. The van der Waals surface area contributed by atoms with Gasteiger partial charge in [-0.25, -0.2) is 9.18 Å². The maximum absolute atomic E-state index is 13.1. The van der Waals surface area contributed by atoms with Gasteiger partial charge in [-0.05, 0) is 37.1 Å². The molecule has 0 unspecified atom stereocenters. The van der Waals surface area contributed by atoms with Crippen molar-refractivity contribution in [1.82, 2.24) is 5.32 Å². The van der Waals surface area contributed by atoms with Gasteiger partial charge in [0.05, 0.1) is 17.1 Å². The van der Waals surface area contributed by atoms with E-state index in [0.29, 0.717) is 12.0 Å². The number of esters is 1. The highest BCUT2D eigenvalue weighted by molar-refractivity contribution is 5.99. The normalized spacial score (nSPS) is 10.2. The molecular formula is C18H17FN2O5. The first-order chi connectivity index (χ1) is 12.4. The van der Waals surface area contributed by atoms with Gasteiger partial charge in [0.1, 0.15) is 5.82 Å². The largest absolute Gasteiger partial charge is 0.462 e. The van der Waals surface area contributed by atoms with Gasteiger partial charge in [0, 0.05) is 24.2 Å². The lowest BCUT2D eigenvalue weighted by Crippen LogP contribution is -2.26. The number of nitro groups is 1. The van der Waals surface area contributed by atoms with E-state index in [1.807, 2.05) is 0 Å². The minimum Gasteiger partial charge on any atom is -0.462 e. The van der Waals surface area contributed by atoms with Crippen LogP contribution in [0.3, 0.4) is 0 Å². The van der Waals surface area contributed by atoms with Crippen LogP contribution in [0, 0.1) is 15.9 Å². The quantitative estimate of drug-likeness (QED) is 0.465. The van der Waals surface area contributed by atoms with Crippen LogP contribution in [0.15, 0.2) is 42.5 Å². The van der Waals surface area contributed by atoms with E-state index in [0.717, 1.165) is 12.1 Å². The summed E-state index contributed by atoms with van der Waals surface area (Å²) in [6.45, 7) is 1.92. The summed E-state index contributed by atoms with van der Waals surface area (Å²) in [5, 5.41) is 13.6. The van der Waals surface area contributed by atoms with E-state index in [1.165, 1.54) is 18.2 Å². The molecule has 0 atom stereocenters. The number of hydrogen-bond acceptors (Lipinski definition) is 5. The zero-order chi connectivity index (χ0) is 19.1. The van der Waals surface area contributed by atoms with Crippen LogP contribution in [0.1, 0.15) is 33.2 Å². The van der Waals surface area contributed by atoms with Crippen molar-refractivity contribution in [3.05, 3.63) is 75.1 Å². The van der Waals surface area contributed by atoms with Crippen LogP contribution in [-0.2, 0) is 11.2 Å². The number of carbonyl (C=O) groups is 2. The smallest absolute Gasteiger partial charge is 0.338 e. The maximum atomic E-state index is 13.1. The molecule has 1 amide bonds. The van der Waals surface area contributed by atoms with Crippen LogP contribution in [0.5, 0.6) is 0 Å². The SMILES string of the molecule is CCOC(=O)c1cc(C(=O)NCCc2cccc(F)c2)cc([N+](=O)[O-])c1. The highest BCUT2D eigenvalue weighted by Crippen LogP contribution is 2.18. The van der Waals surface area contributed by atoms with Crippen LogP contribution in [0.4, 0.5) is 10.1 Å². The lowest BCUT2D eigenvalue weighted by Gasteiger charge is -2.08. The van der Waals surface area contributed by atoms with Gasteiger partial charge in [-0.1, -0.05) is 12.1 Å². The average molecular weight is 360 g/mol. The number of ether oxygens (including phenoxy) is 1. The fourth-order valence-electron chi connectivity index (χ4n) is 2.29. The molecule has 0 aliphatic rings. The van der Waals surface area contributed by atoms with E-state index in [1.54, 1.807) is 19.1 Å². The molecule has 0 radical (unpaired) electrons. The topological polar surface area (TPSA) is 98.5 Å². The third-order valence-electron chi connectivity index (χ3n) is 3.49. The number of rotatable bonds is 7. The molecule has 0 bridgehead atoms. The molecular weight excluding hydrogens is 343 g/mol. The number of halogens is 1. The molecule has 2 rings (SSSR count). The molecule has 0 saturated heterocycles. The first-order valence-electron chi connectivity index (χ1n) is 7.90. The van der Waals surface area contributed by atoms with Gasteiger partial charge in [0.15, 0.2) is 0 Å². The average Bonchev–Trinajstić information content (AvgIpc) is 2.61. The fourth-order valence-corrected chi connectivity index (χ4v) is 2.29. The summed E-state index contributed by atoms with van der Waals surface area (Å²) in [6, 6.07) is 9.35. The zero-order valence-electron chi connectivity index (χ0n) is 14.0. The Morgan fingerprint density at radius 1 is 1.19 bits per heavy atom. The summed E-state index contributed by atoms with van der Waals surface area (Å²) < 4.78 is 17.9. The van der Waals surface area contributed by atoms with Gasteiger partial charge in [-0.3, -0.25) is 14.9 Å². The zero-order valence-corrected chi connectivity index (χ0v) is 14.0. The highest BCUT2D eigenvalue weighted by Gasteiger charge is 2.18. The van der Waals surface area contributed by atoms with E-state index in [-0.39, 0.29) is 35.8 Å². The molecule has 0 saturated carbocycles. The Morgan fingerprint density at radius 3 is 2.58 bits per heavy atom. The number of benzene rings is 2. The molecule has 0 aliphatic heterocycles. The molecule has 0 spiro atoms. The molecule has 136 valence electrons. The first-order valence-corrected chi connectivity index (χ1v) is 7.90. The van der Waals surface area contributed by atoms with Crippen LogP contribution in [0.2, 0.25) is 0 Å². The van der Waals surface area contributed by atoms with Crippen molar-refractivity contribution >= 4 is 17.6 Å². The van der Waals surface area contributed by atoms with E-state index in [9.17, 15) is 24.1 Å². The van der Waals surface area contributed by atoms with Crippen molar-refractivity contribution in [2.24, 2.45) is 0 Å². The molecule has 0 aliphatic carbocycles. The van der Waals surface area contributed by atoms with E-state index >= 15 is 0 Å².